The average molecular weight is 327 g/mol. The van der Waals surface area contributed by atoms with E-state index in [1.807, 2.05) is 0 Å². The van der Waals surface area contributed by atoms with Gasteiger partial charge in [-0.3, -0.25) is 4.79 Å². The lowest BCUT2D eigenvalue weighted by Crippen LogP contribution is -2.59. The van der Waals surface area contributed by atoms with Crippen molar-refractivity contribution in [3.8, 4) is 0 Å². The average Bonchev–Trinajstić information content (AvgIpc) is 2.96. The highest BCUT2D eigenvalue weighted by atomic mass is 19.1. The maximum atomic E-state index is 13.3. The molecule has 2 unspecified atom stereocenters. The lowest BCUT2D eigenvalue weighted by molar-refractivity contribution is -0.0624. The molecule has 1 saturated carbocycles. The van der Waals surface area contributed by atoms with Gasteiger partial charge >= 0.3 is 0 Å². The van der Waals surface area contributed by atoms with E-state index in [2.05, 4.69) is 15.2 Å². The van der Waals surface area contributed by atoms with Crippen LogP contribution in [0.5, 0.6) is 0 Å². The van der Waals surface area contributed by atoms with Gasteiger partial charge in [-0.2, -0.15) is 0 Å². The summed E-state index contributed by atoms with van der Waals surface area (Å²) in [5.74, 6) is 2.63. The number of carbonyl (C=O) groups is 1. The molecule has 4 nitrogen and oxygen atoms in total. The molecule has 5 heteroatoms. The molecule has 1 amide bonds. The van der Waals surface area contributed by atoms with Crippen molar-refractivity contribution in [3.05, 3.63) is 35.8 Å². The van der Waals surface area contributed by atoms with Crippen molar-refractivity contribution < 1.29 is 9.18 Å². The van der Waals surface area contributed by atoms with Crippen LogP contribution < -0.4 is 5.32 Å². The van der Waals surface area contributed by atoms with Gasteiger partial charge < -0.3 is 15.2 Å². The number of aromatic amines is 1. The van der Waals surface area contributed by atoms with Gasteiger partial charge in [0.05, 0.1) is 0 Å². The molecular formula is C19H22FN3O. The van der Waals surface area contributed by atoms with E-state index in [1.54, 1.807) is 12.1 Å². The second-order valence-corrected chi connectivity index (χ2v) is 7.86. The number of piperidine rings is 3. The summed E-state index contributed by atoms with van der Waals surface area (Å²) >= 11 is 0. The molecule has 4 aliphatic rings. The first-order valence-corrected chi connectivity index (χ1v) is 8.94. The molecule has 1 aromatic carbocycles. The van der Waals surface area contributed by atoms with E-state index >= 15 is 0 Å². The van der Waals surface area contributed by atoms with Crippen molar-refractivity contribution >= 4 is 16.8 Å². The molecule has 4 bridgehead atoms. The maximum Gasteiger partial charge on any atom is 0.267 e. The number of rotatable bonds is 3. The molecule has 6 rings (SSSR count). The van der Waals surface area contributed by atoms with Gasteiger partial charge in [0, 0.05) is 37.1 Å². The number of hydrogen-bond acceptors (Lipinski definition) is 2. The van der Waals surface area contributed by atoms with Crippen LogP contribution in [-0.2, 0) is 0 Å². The van der Waals surface area contributed by atoms with Crippen LogP contribution in [0.25, 0.3) is 10.9 Å². The number of benzene rings is 1. The van der Waals surface area contributed by atoms with Gasteiger partial charge in [-0.15, -0.1) is 0 Å². The van der Waals surface area contributed by atoms with Crippen molar-refractivity contribution in [1.82, 2.24) is 15.2 Å². The first kappa shape index (κ1) is 14.5. The summed E-state index contributed by atoms with van der Waals surface area (Å²) in [5, 5.41) is 3.86. The fourth-order valence-electron chi connectivity index (χ4n) is 5.37. The lowest BCUT2D eigenvalue weighted by atomic mass is 9.62. The Morgan fingerprint density at radius 2 is 2.00 bits per heavy atom. The number of hydrogen-bond donors (Lipinski definition) is 2. The summed E-state index contributed by atoms with van der Waals surface area (Å²) in [4.78, 5) is 18.2. The third kappa shape index (κ3) is 2.34. The second-order valence-electron chi connectivity index (χ2n) is 7.86. The highest BCUT2D eigenvalue weighted by Gasteiger charge is 2.47. The zero-order valence-electron chi connectivity index (χ0n) is 13.6. The predicted molar refractivity (Wildman–Crippen MR) is 90.2 cm³/mol. The molecule has 1 aromatic heterocycles. The number of halogens is 1. The van der Waals surface area contributed by atoms with Crippen LogP contribution in [0.4, 0.5) is 4.39 Å². The minimum atomic E-state index is -0.281. The molecule has 4 fully saturated rings. The molecule has 4 heterocycles. The molecule has 3 saturated heterocycles. The van der Waals surface area contributed by atoms with Crippen molar-refractivity contribution in [2.45, 2.75) is 12.8 Å². The third-order valence-corrected chi connectivity index (χ3v) is 6.31. The highest BCUT2D eigenvalue weighted by molar-refractivity contribution is 5.98. The fraction of sp³-hybridized carbons (Fsp3) is 0.526. The number of carbonyl (C=O) groups excluding carboxylic acids is 1. The Balaban J connectivity index is 1.28. The summed E-state index contributed by atoms with van der Waals surface area (Å²) in [6, 6.07) is 6.27. The minimum Gasteiger partial charge on any atom is -0.351 e. The number of nitrogens with one attached hydrogen (secondary N) is 2. The summed E-state index contributed by atoms with van der Waals surface area (Å²) < 4.78 is 13.3. The molecule has 3 aliphatic heterocycles. The van der Waals surface area contributed by atoms with E-state index in [0.29, 0.717) is 11.6 Å². The van der Waals surface area contributed by atoms with E-state index in [9.17, 15) is 9.18 Å². The molecule has 1 aliphatic carbocycles. The van der Waals surface area contributed by atoms with Gasteiger partial charge in [-0.05, 0) is 60.8 Å². The van der Waals surface area contributed by atoms with Gasteiger partial charge in [0.25, 0.3) is 5.91 Å². The Morgan fingerprint density at radius 1 is 1.21 bits per heavy atom. The van der Waals surface area contributed by atoms with E-state index in [4.69, 9.17) is 0 Å². The normalized spacial score (nSPS) is 34.0. The summed E-state index contributed by atoms with van der Waals surface area (Å²) in [6.45, 7) is 4.47. The SMILES string of the molecule is O=C(NCC1C2CC3CC1CN(C3)C2)c1cc2cc(F)ccc2[nH]1. The van der Waals surface area contributed by atoms with Crippen molar-refractivity contribution in [2.24, 2.45) is 23.7 Å². The minimum absolute atomic E-state index is 0.0827. The van der Waals surface area contributed by atoms with Crippen LogP contribution in [0.2, 0.25) is 0 Å². The predicted octanol–water partition coefficient (Wildman–Crippen LogP) is 2.62. The van der Waals surface area contributed by atoms with Gasteiger partial charge in [0.15, 0.2) is 0 Å². The highest BCUT2D eigenvalue weighted by Crippen LogP contribution is 2.46. The quantitative estimate of drug-likeness (QED) is 0.910. The Kier molecular flexibility index (Phi) is 3.20. The Morgan fingerprint density at radius 3 is 2.75 bits per heavy atom. The van der Waals surface area contributed by atoms with E-state index < -0.39 is 0 Å². The van der Waals surface area contributed by atoms with Gasteiger partial charge in [-0.1, -0.05) is 0 Å². The molecular weight excluding hydrogens is 305 g/mol. The largest absolute Gasteiger partial charge is 0.351 e. The first-order chi connectivity index (χ1) is 11.7. The van der Waals surface area contributed by atoms with Crippen molar-refractivity contribution in [1.29, 1.82) is 0 Å². The number of H-pyrrole nitrogens is 1. The lowest BCUT2D eigenvalue weighted by Gasteiger charge is -2.56. The number of aromatic nitrogens is 1. The van der Waals surface area contributed by atoms with E-state index in [0.717, 1.165) is 35.2 Å². The topological polar surface area (TPSA) is 48.1 Å². The van der Waals surface area contributed by atoms with Crippen LogP contribution >= 0.6 is 0 Å². The Bertz CT molecular complexity index is 771. The molecule has 24 heavy (non-hydrogen) atoms. The number of nitrogens with zero attached hydrogens (tertiary/aromatic N) is 1. The number of fused-ring (bicyclic) bond motifs is 1. The Hall–Kier alpha value is -1.88. The van der Waals surface area contributed by atoms with Crippen molar-refractivity contribution in [2.75, 3.05) is 26.2 Å². The first-order valence-electron chi connectivity index (χ1n) is 8.94. The fourth-order valence-corrected chi connectivity index (χ4v) is 5.37. The molecule has 2 N–H and O–H groups in total. The van der Waals surface area contributed by atoms with Crippen molar-refractivity contribution in [3.63, 3.8) is 0 Å². The van der Waals surface area contributed by atoms with Crippen LogP contribution in [0, 0.1) is 29.5 Å². The summed E-state index contributed by atoms with van der Waals surface area (Å²) in [7, 11) is 0. The smallest absolute Gasteiger partial charge is 0.267 e. The standard InChI is InChI=1S/C19H22FN3O/c20-15-1-2-17-12(5-15)6-18(22-17)19(24)21-7-16-13-3-11-4-14(16)10-23(8-11)9-13/h1-2,5-6,11,13-14,16,22H,3-4,7-10H2,(H,21,24). The van der Waals surface area contributed by atoms with Crippen LogP contribution in [0.3, 0.4) is 0 Å². The van der Waals surface area contributed by atoms with Gasteiger partial charge in [0.2, 0.25) is 0 Å². The third-order valence-electron chi connectivity index (χ3n) is 6.31. The molecule has 2 atom stereocenters. The van der Waals surface area contributed by atoms with Crippen LogP contribution in [0.15, 0.2) is 24.3 Å². The van der Waals surface area contributed by atoms with Crippen LogP contribution in [0.1, 0.15) is 23.3 Å². The summed E-state index contributed by atoms with van der Waals surface area (Å²) in [6.07, 6.45) is 2.67. The molecule has 0 spiro atoms. The number of amides is 1. The zero-order chi connectivity index (χ0) is 16.3. The maximum absolute atomic E-state index is 13.3. The molecule has 2 aromatic rings. The molecule has 126 valence electrons. The monoisotopic (exact) mass is 327 g/mol. The van der Waals surface area contributed by atoms with E-state index in [-0.39, 0.29) is 11.7 Å². The summed E-state index contributed by atoms with van der Waals surface area (Å²) in [5.41, 5.74) is 1.31. The Labute approximate surface area is 140 Å². The second kappa shape index (κ2) is 5.31. The van der Waals surface area contributed by atoms with Crippen LogP contribution in [-0.4, -0.2) is 42.0 Å². The zero-order valence-corrected chi connectivity index (χ0v) is 13.6. The molecule has 0 radical (unpaired) electrons. The van der Waals surface area contributed by atoms with Gasteiger partial charge in [0.1, 0.15) is 11.5 Å². The van der Waals surface area contributed by atoms with E-state index in [1.165, 1.54) is 44.6 Å². The van der Waals surface area contributed by atoms with Gasteiger partial charge in [-0.25, -0.2) is 4.39 Å².